The van der Waals surface area contributed by atoms with Crippen molar-refractivity contribution in [1.29, 1.82) is 5.26 Å². The number of aryl methyl sites for hydroxylation is 1. The molecular weight excluding hydrogens is 258 g/mol. The molecule has 1 aromatic carbocycles. The number of nitrogens with zero attached hydrogens (tertiary/aromatic N) is 2. The van der Waals surface area contributed by atoms with Gasteiger partial charge in [-0.05, 0) is 13.3 Å². The summed E-state index contributed by atoms with van der Waals surface area (Å²) in [6.45, 7) is 5.69. The lowest BCUT2D eigenvalue weighted by Crippen LogP contribution is -2.45. The Morgan fingerprint density at radius 1 is 1.50 bits per heavy atom. The molecule has 0 aliphatic rings. The van der Waals surface area contributed by atoms with E-state index in [4.69, 9.17) is 10.00 Å². The van der Waals surface area contributed by atoms with Gasteiger partial charge in [0.15, 0.2) is 5.69 Å². The van der Waals surface area contributed by atoms with Gasteiger partial charge in [-0.25, -0.2) is 4.79 Å². The number of methoxy groups -OCH3 is 1. The molecule has 0 saturated heterocycles. The highest BCUT2D eigenvalue weighted by molar-refractivity contribution is 5.88. The van der Waals surface area contributed by atoms with E-state index in [9.17, 15) is 10.0 Å². The van der Waals surface area contributed by atoms with E-state index >= 15 is 0 Å². The maximum absolute atomic E-state index is 11.6. The summed E-state index contributed by atoms with van der Waals surface area (Å²) in [7, 11) is 1.56. The number of hydrogen-bond donors (Lipinski definition) is 2. The van der Waals surface area contributed by atoms with Crippen LogP contribution in [0.1, 0.15) is 26.3 Å². The van der Waals surface area contributed by atoms with Crippen molar-refractivity contribution in [2.24, 2.45) is 0 Å². The van der Waals surface area contributed by atoms with E-state index in [0.717, 1.165) is 5.56 Å². The van der Waals surface area contributed by atoms with E-state index in [1.54, 1.807) is 25.4 Å². The summed E-state index contributed by atoms with van der Waals surface area (Å²) in [5.41, 5.74) is 1.67. The van der Waals surface area contributed by atoms with Gasteiger partial charge in [0, 0.05) is 28.9 Å². The SMILES string of the molecule is CCNc1cc([N+](O)(C#N)C(C)=O)cc(CC)c1OC. The Hall–Kier alpha value is -2.10. The second-order valence-corrected chi connectivity index (χ2v) is 4.32. The van der Waals surface area contributed by atoms with Crippen molar-refractivity contribution in [2.45, 2.75) is 27.2 Å². The summed E-state index contributed by atoms with van der Waals surface area (Å²) in [4.78, 5) is 11.6. The van der Waals surface area contributed by atoms with Gasteiger partial charge >= 0.3 is 12.1 Å². The standard InChI is InChI=1S/C14H20N3O3/c1-5-11-7-12(17(19,9-15)10(3)18)8-13(16-6-2)14(11)20-4/h7-8,16,19H,5-6H2,1-4H3/q+1. The fourth-order valence-corrected chi connectivity index (χ4v) is 1.99. The van der Waals surface area contributed by atoms with Crippen molar-refractivity contribution in [3.05, 3.63) is 17.7 Å². The van der Waals surface area contributed by atoms with Gasteiger partial charge in [-0.3, -0.25) is 0 Å². The van der Waals surface area contributed by atoms with E-state index in [0.29, 0.717) is 24.4 Å². The minimum atomic E-state index is -1.39. The number of ether oxygens (including phenoxy) is 1. The molecule has 0 bridgehead atoms. The van der Waals surface area contributed by atoms with Gasteiger partial charge < -0.3 is 10.1 Å². The molecule has 108 valence electrons. The molecule has 1 rings (SSSR count). The number of anilines is 1. The third kappa shape index (κ3) is 2.74. The predicted octanol–water partition coefficient (Wildman–Crippen LogP) is 2.41. The number of rotatable bonds is 5. The summed E-state index contributed by atoms with van der Waals surface area (Å²) in [6, 6.07) is 3.18. The quantitative estimate of drug-likeness (QED) is 0.374. The molecule has 0 radical (unpaired) electrons. The molecule has 0 aliphatic carbocycles. The Kier molecular flexibility index (Phi) is 5.08. The summed E-state index contributed by atoms with van der Waals surface area (Å²) in [6.07, 6.45) is 2.28. The van der Waals surface area contributed by atoms with Crippen LogP contribution in [-0.2, 0) is 11.2 Å². The summed E-state index contributed by atoms with van der Waals surface area (Å²) < 4.78 is 3.97. The number of hydroxylamine groups is 2. The molecule has 0 spiro atoms. The molecule has 0 heterocycles. The largest absolute Gasteiger partial charge is 0.494 e. The van der Waals surface area contributed by atoms with Crippen LogP contribution in [0.5, 0.6) is 5.75 Å². The van der Waals surface area contributed by atoms with Crippen LogP contribution < -0.4 is 14.7 Å². The van der Waals surface area contributed by atoms with E-state index in [1.165, 1.54) is 6.92 Å². The third-order valence-electron chi connectivity index (χ3n) is 3.08. The second kappa shape index (κ2) is 6.37. The molecule has 0 aliphatic heterocycles. The maximum atomic E-state index is 11.6. The average Bonchev–Trinajstić information content (AvgIpc) is 2.45. The van der Waals surface area contributed by atoms with Gasteiger partial charge in [0.05, 0.1) is 19.7 Å². The molecule has 1 unspecified atom stereocenters. The summed E-state index contributed by atoms with van der Waals surface area (Å²) in [5.74, 6) is -0.00619. The van der Waals surface area contributed by atoms with E-state index in [2.05, 4.69) is 5.32 Å². The Labute approximate surface area is 118 Å². The lowest BCUT2D eigenvalue weighted by atomic mass is 10.1. The number of carbonyl (C=O) groups is 1. The summed E-state index contributed by atoms with van der Waals surface area (Å²) in [5, 5.41) is 22.4. The van der Waals surface area contributed by atoms with Gasteiger partial charge in [-0.1, -0.05) is 6.92 Å². The van der Waals surface area contributed by atoms with Gasteiger partial charge in [-0.15, -0.1) is 5.26 Å². The molecule has 1 aromatic rings. The number of nitriles is 1. The van der Waals surface area contributed by atoms with Gasteiger partial charge in [-0.2, -0.15) is 5.21 Å². The first-order chi connectivity index (χ1) is 9.44. The van der Waals surface area contributed by atoms with Crippen LogP contribution in [-0.4, -0.2) is 24.8 Å². The lowest BCUT2D eigenvalue weighted by Gasteiger charge is -2.20. The number of nitrogens with one attached hydrogen (secondary N) is 1. The van der Waals surface area contributed by atoms with Gasteiger partial charge in [0.1, 0.15) is 5.75 Å². The van der Waals surface area contributed by atoms with Gasteiger partial charge in [0.25, 0.3) is 0 Å². The van der Waals surface area contributed by atoms with E-state index < -0.39 is 10.6 Å². The maximum Gasteiger partial charge on any atom is 0.362 e. The van der Waals surface area contributed by atoms with Crippen LogP contribution in [0.4, 0.5) is 11.4 Å². The first-order valence-electron chi connectivity index (χ1n) is 6.44. The third-order valence-corrected chi connectivity index (χ3v) is 3.08. The zero-order chi connectivity index (χ0) is 15.3. The molecule has 0 aromatic heterocycles. The molecular formula is C14H20N3O3+. The fourth-order valence-electron chi connectivity index (χ4n) is 1.99. The van der Waals surface area contributed by atoms with Crippen molar-refractivity contribution in [3.8, 4) is 11.9 Å². The van der Waals surface area contributed by atoms with Crippen molar-refractivity contribution < 1.29 is 14.7 Å². The monoisotopic (exact) mass is 278 g/mol. The Morgan fingerprint density at radius 2 is 2.15 bits per heavy atom. The molecule has 1 amide bonds. The Morgan fingerprint density at radius 3 is 2.55 bits per heavy atom. The highest BCUT2D eigenvalue weighted by Gasteiger charge is 2.38. The van der Waals surface area contributed by atoms with Gasteiger partial charge in [0.2, 0.25) is 0 Å². The first-order valence-corrected chi connectivity index (χ1v) is 6.44. The van der Waals surface area contributed by atoms with E-state index in [-0.39, 0.29) is 5.69 Å². The Balaban J connectivity index is 3.54. The van der Waals surface area contributed by atoms with Crippen molar-refractivity contribution in [3.63, 3.8) is 0 Å². The molecule has 0 saturated carbocycles. The Bertz CT molecular complexity index is 551. The smallest absolute Gasteiger partial charge is 0.362 e. The highest BCUT2D eigenvalue weighted by Crippen LogP contribution is 2.36. The molecule has 6 nitrogen and oxygen atoms in total. The van der Waals surface area contributed by atoms with Crippen LogP contribution in [0.3, 0.4) is 0 Å². The fraction of sp³-hybridized carbons (Fsp3) is 0.429. The zero-order valence-corrected chi connectivity index (χ0v) is 12.2. The van der Waals surface area contributed by atoms with E-state index in [1.807, 2.05) is 13.8 Å². The van der Waals surface area contributed by atoms with Crippen LogP contribution in [0.25, 0.3) is 0 Å². The molecule has 1 atom stereocenters. The predicted molar refractivity (Wildman–Crippen MR) is 76.4 cm³/mol. The normalized spacial score (nSPS) is 13.2. The number of benzene rings is 1. The zero-order valence-electron chi connectivity index (χ0n) is 12.2. The molecule has 0 fully saturated rings. The van der Waals surface area contributed by atoms with Crippen molar-refractivity contribution in [2.75, 3.05) is 19.0 Å². The van der Waals surface area contributed by atoms with Crippen LogP contribution in [0, 0.1) is 11.5 Å². The van der Waals surface area contributed by atoms with Crippen LogP contribution in [0.15, 0.2) is 12.1 Å². The minimum absolute atomic E-state index is 0.202. The first kappa shape index (κ1) is 16.0. The molecule has 20 heavy (non-hydrogen) atoms. The van der Waals surface area contributed by atoms with Crippen molar-refractivity contribution >= 4 is 17.3 Å². The average molecular weight is 278 g/mol. The minimum Gasteiger partial charge on any atom is -0.494 e. The molecule has 2 N–H and O–H groups in total. The lowest BCUT2D eigenvalue weighted by molar-refractivity contribution is -0.147. The highest BCUT2D eigenvalue weighted by atomic mass is 16.6. The number of amides is 1. The number of quaternary nitrogens is 1. The van der Waals surface area contributed by atoms with Crippen molar-refractivity contribution in [1.82, 2.24) is 4.65 Å². The molecule has 6 heteroatoms. The van der Waals surface area contributed by atoms with Crippen LogP contribution in [0.2, 0.25) is 0 Å². The number of hydrogen-bond acceptors (Lipinski definition) is 5. The summed E-state index contributed by atoms with van der Waals surface area (Å²) >= 11 is 0. The number of carbonyl (C=O) groups excluding carboxylic acids is 1. The topological polar surface area (TPSA) is 82.4 Å². The van der Waals surface area contributed by atoms with Crippen LogP contribution >= 0.6 is 0 Å². The second-order valence-electron chi connectivity index (χ2n) is 4.32.